The molecule has 2 aliphatic carbocycles. The summed E-state index contributed by atoms with van der Waals surface area (Å²) < 4.78 is 7.36. The van der Waals surface area contributed by atoms with Crippen LogP contribution in [0.5, 0.6) is 5.75 Å². The van der Waals surface area contributed by atoms with E-state index in [1.807, 2.05) is 12.1 Å². The first-order chi connectivity index (χ1) is 9.62. The number of rotatable bonds is 2. The van der Waals surface area contributed by atoms with E-state index in [0.717, 1.165) is 35.0 Å². The Morgan fingerprint density at radius 3 is 2.50 bits per heavy atom. The molecule has 20 heavy (non-hydrogen) atoms. The summed E-state index contributed by atoms with van der Waals surface area (Å²) in [6, 6.07) is 6.15. The molecule has 3 heteroatoms. The van der Waals surface area contributed by atoms with Crippen LogP contribution in [-0.2, 0) is 0 Å². The zero-order valence-corrected chi connectivity index (χ0v) is 13.7. The largest absolute Gasteiger partial charge is 0.489 e. The first kappa shape index (κ1) is 14.4. The minimum Gasteiger partial charge on any atom is -0.489 e. The average molecular weight is 339 g/mol. The summed E-state index contributed by atoms with van der Waals surface area (Å²) in [7, 11) is 0. The van der Waals surface area contributed by atoms with Gasteiger partial charge < -0.3 is 9.84 Å². The zero-order chi connectivity index (χ0) is 14.2. The molecule has 0 aliphatic heterocycles. The Kier molecular flexibility index (Phi) is 4.09. The summed E-state index contributed by atoms with van der Waals surface area (Å²) in [5.74, 6) is 0.966. The van der Waals surface area contributed by atoms with E-state index in [0.29, 0.717) is 0 Å². The van der Waals surface area contributed by atoms with Crippen LogP contribution in [0, 0.1) is 12.3 Å². The Morgan fingerprint density at radius 1 is 1.20 bits per heavy atom. The SMILES string of the molecule is Cc1cc(Br)ccc1OC1CC(O)C12CCCCCC2. The molecule has 0 saturated heterocycles. The van der Waals surface area contributed by atoms with E-state index in [2.05, 4.69) is 28.9 Å². The topological polar surface area (TPSA) is 29.5 Å². The van der Waals surface area contributed by atoms with Crippen molar-refractivity contribution in [2.24, 2.45) is 5.41 Å². The van der Waals surface area contributed by atoms with Crippen molar-refractivity contribution in [2.45, 2.75) is 64.1 Å². The fourth-order valence-corrected chi connectivity index (χ4v) is 4.31. The molecule has 0 aromatic heterocycles. The van der Waals surface area contributed by atoms with Crippen LogP contribution in [0.1, 0.15) is 50.5 Å². The van der Waals surface area contributed by atoms with Crippen molar-refractivity contribution in [1.29, 1.82) is 0 Å². The van der Waals surface area contributed by atoms with Gasteiger partial charge in [0.15, 0.2) is 0 Å². The Bertz CT molecular complexity index is 478. The second-order valence-corrected chi connectivity index (χ2v) is 7.33. The first-order valence-electron chi connectivity index (χ1n) is 7.73. The van der Waals surface area contributed by atoms with Gasteiger partial charge in [0.1, 0.15) is 11.9 Å². The van der Waals surface area contributed by atoms with Gasteiger partial charge in [-0.05, 0) is 43.5 Å². The summed E-state index contributed by atoms with van der Waals surface area (Å²) in [5.41, 5.74) is 1.18. The molecule has 2 nitrogen and oxygen atoms in total. The first-order valence-corrected chi connectivity index (χ1v) is 8.52. The number of halogens is 1. The summed E-state index contributed by atoms with van der Waals surface area (Å²) in [6.07, 6.45) is 8.12. The highest BCUT2D eigenvalue weighted by Crippen LogP contribution is 2.52. The fourth-order valence-electron chi connectivity index (χ4n) is 3.83. The van der Waals surface area contributed by atoms with Crippen molar-refractivity contribution in [1.82, 2.24) is 0 Å². The molecule has 1 N–H and O–H groups in total. The summed E-state index contributed by atoms with van der Waals surface area (Å²) >= 11 is 3.49. The minimum atomic E-state index is -0.165. The van der Waals surface area contributed by atoms with E-state index >= 15 is 0 Å². The third kappa shape index (κ3) is 2.50. The number of aliphatic hydroxyl groups excluding tert-OH is 1. The van der Waals surface area contributed by atoms with Crippen molar-refractivity contribution >= 4 is 15.9 Å². The molecule has 3 rings (SSSR count). The van der Waals surface area contributed by atoms with E-state index in [1.165, 1.54) is 25.7 Å². The van der Waals surface area contributed by atoms with E-state index in [-0.39, 0.29) is 17.6 Å². The van der Waals surface area contributed by atoms with Crippen LogP contribution in [0.3, 0.4) is 0 Å². The predicted molar refractivity (Wildman–Crippen MR) is 84.1 cm³/mol. The van der Waals surface area contributed by atoms with Crippen molar-refractivity contribution < 1.29 is 9.84 Å². The van der Waals surface area contributed by atoms with Gasteiger partial charge in [-0.2, -0.15) is 0 Å². The van der Waals surface area contributed by atoms with Gasteiger partial charge in [-0.3, -0.25) is 0 Å². The van der Waals surface area contributed by atoms with Crippen molar-refractivity contribution in [3.63, 3.8) is 0 Å². The van der Waals surface area contributed by atoms with Gasteiger partial charge >= 0.3 is 0 Å². The van der Waals surface area contributed by atoms with Crippen molar-refractivity contribution in [3.05, 3.63) is 28.2 Å². The second kappa shape index (κ2) is 5.69. The monoisotopic (exact) mass is 338 g/mol. The molecule has 1 spiro atoms. The highest BCUT2D eigenvalue weighted by molar-refractivity contribution is 9.10. The van der Waals surface area contributed by atoms with Crippen LogP contribution in [0.15, 0.2) is 22.7 Å². The van der Waals surface area contributed by atoms with Gasteiger partial charge in [-0.1, -0.05) is 41.6 Å². The molecule has 0 radical (unpaired) electrons. The molecule has 110 valence electrons. The number of ether oxygens (including phenoxy) is 1. The Labute approximate surface area is 129 Å². The molecular formula is C17H23BrO2. The second-order valence-electron chi connectivity index (χ2n) is 6.42. The smallest absolute Gasteiger partial charge is 0.122 e. The number of hydrogen-bond acceptors (Lipinski definition) is 2. The Morgan fingerprint density at radius 2 is 1.90 bits per heavy atom. The number of benzene rings is 1. The summed E-state index contributed by atoms with van der Waals surface area (Å²) in [4.78, 5) is 0. The summed E-state index contributed by atoms with van der Waals surface area (Å²) in [5, 5.41) is 10.3. The Hall–Kier alpha value is -0.540. The average Bonchev–Trinajstić information content (AvgIpc) is 2.69. The van der Waals surface area contributed by atoms with Gasteiger partial charge in [0.25, 0.3) is 0 Å². The van der Waals surface area contributed by atoms with Crippen LogP contribution in [0.25, 0.3) is 0 Å². The standard InChI is InChI=1S/C17H23BrO2/c1-12-10-13(18)6-7-14(12)20-16-11-15(19)17(16)8-4-2-3-5-9-17/h6-7,10,15-16,19H,2-5,8-9,11H2,1H3. The molecule has 0 heterocycles. The number of hydrogen-bond donors (Lipinski definition) is 1. The third-order valence-electron chi connectivity index (χ3n) is 5.18. The normalized spacial score (nSPS) is 28.8. The molecule has 2 atom stereocenters. The lowest BCUT2D eigenvalue weighted by atomic mass is 9.59. The minimum absolute atomic E-state index is 0.0238. The molecule has 2 unspecified atom stereocenters. The van der Waals surface area contributed by atoms with E-state index in [4.69, 9.17) is 4.74 Å². The van der Waals surface area contributed by atoms with Crippen LogP contribution < -0.4 is 4.74 Å². The van der Waals surface area contributed by atoms with E-state index in [1.54, 1.807) is 0 Å². The Balaban J connectivity index is 1.76. The highest BCUT2D eigenvalue weighted by Gasteiger charge is 2.55. The molecule has 1 aromatic carbocycles. The van der Waals surface area contributed by atoms with Gasteiger partial charge in [-0.15, -0.1) is 0 Å². The lowest BCUT2D eigenvalue weighted by Crippen LogP contribution is -2.59. The van der Waals surface area contributed by atoms with Gasteiger partial charge in [0, 0.05) is 16.3 Å². The van der Waals surface area contributed by atoms with Crippen LogP contribution in [0.4, 0.5) is 0 Å². The number of aliphatic hydroxyl groups is 1. The number of aryl methyl sites for hydroxylation is 1. The molecule has 2 fully saturated rings. The molecule has 0 amide bonds. The maximum absolute atomic E-state index is 10.3. The lowest BCUT2D eigenvalue weighted by molar-refractivity contribution is -0.163. The van der Waals surface area contributed by atoms with E-state index in [9.17, 15) is 5.11 Å². The molecule has 1 aromatic rings. The van der Waals surface area contributed by atoms with Crippen molar-refractivity contribution in [2.75, 3.05) is 0 Å². The zero-order valence-electron chi connectivity index (χ0n) is 12.1. The van der Waals surface area contributed by atoms with E-state index < -0.39 is 0 Å². The third-order valence-corrected chi connectivity index (χ3v) is 5.68. The maximum atomic E-state index is 10.3. The van der Waals surface area contributed by atoms with Gasteiger partial charge in [-0.25, -0.2) is 0 Å². The molecule has 0 bridgehead atoms. The quantitative estimate of drug-likeness (QED) is 0.853. The lowest BCUT2D eigenvalue weighted by Gasteiger charge is -2.53. The highest BCUT2D eigenvalue weighted by atomic mass is 79.9. The summed E-state index contributed by atoms with van der Waals surface area (Å²) in [6.45, 7) is 2.08. The molecule has 2 saturated carbocycles. The molecule has 2 aliphatic rings. The van der Waals surface area contributed by atoms with Gasteiger partial charge in [0.05, 0.1) is 6.10 Å². The molecular weight excluding hydrogens is 316 g/mol. The fraction of sp³-hybridized carbons (Fsp3) is 0.647. The maximum Gasteiger partial charge on any atom is 0.122 e. The van der Waals surface area contributed by atoms with Crippen LogP contribution in [-0.4, -0.2) is 17.3 Å². The van der Waals surface area contributed by atoms with Gasteiger partial charge in [0.2, 0.25) is 0 Å². The van der Waals surface area contributed by atoms with Crippen molar-refractivity contribution in [3.8, 4) is 5.75 Å². The van der Waals surface area contributed by atoms with Crippen LogP contribution in [0.2, 0.25) is 0 Å². The van der Waals surface area contributed by atoms with Crippen LogP contribution >= 0.6 is 15.9 Å². The predicted octanol–water partition coefficient (Wildman–Crippen LogP) is 4.61.